The molecule has 130 valence electrons. The fourth-order valence-electron chi connectivity index (χ4n) is 2.44. The van der Waals surface area contributed by atoms with Gasteiger partial charge in [-0.05, 0) is 36.4 Å². The monoisotopic (exact) mass is 351 g/mol. The van der Waals surface area contributed by atoms with Gasteiger partial charge in [-0.1, -0.05) is 0 Å². The lowest BCUT2D eigenvalue weighted by Gasteiger charge is -2.10. The van der Waals surface area contributed by atoms with Crippen LogP contribution in [0, 0.1) is 5.82 Å². The third-order valence-corrected chi connectivity index (χ3v) is 3.57. The summed E-state index contributed by atoms with van der Waals surface area (Å²) in [5, 5.41) is 0. The predicted octanol–water partition coefficient (Wildman–Crippen LogP) is 3.97. The highest BCUT2D eigenvalue weighted by atomic mass is 19.1. The number of nitrogen functional groups attached to an aromatic ring is 1. The average Bonchev–Trinajstić information content (AvgIpc) is 3.08. The SMILES string of the molecule is NNc1nc2c(Oc3ccc(F)cc3)cc(Oc3cccnc3)cc2[nH]1. The van der Waals surface area contributed by atoms with Crippen LogP contribution < -0.4 is 20.7 Å². The molecule has 0 unspecified atom stereocenters. The van der Waals surface area contributed by atoms with Crippen LogP contribution in [0.5, 0.6) is 23.0 Å². The molecule has 0 spiro atoms. The van der Waals surface area contributed by atoms with Gasteiger partial charge in [0.1, 0.15) is 28.6 Å². The summed E-state index contributed by atoms with van der Waals surface area (Å²) in [6.07, 6.45) is 3.26. The fraction of sp³-hybridized carbons (Fsp3) is 0. The van der Waals surface area contributed by atoms with E-state index in [0.717, 1.165) is 0 Å². The number of benzene rings is 2. The minimum Gasteiger partial charge on any atom is -0.456 e. The van der Waals surface area contributed by atoms with Crippen LogP contribution in [-0.2, 0) is 0 Å². The molecule has 0 aliphatic rings. The van der Waals surface area contributed by atoms with E-state index >= 15 is 0 Å². The Hall–Kier alpha value is -3.65. The number of anilines is 1. The summed E-state index contributed by atoms with van der Waals surface area (Å²) in [6.45, 7) is 0. The molecule has 0 fully saturated rings. The van der Waals surface area contributed by atoms with Crippen LogP contribution >= 0.6 is 0 Å². The fourth-order valence-corrected chi connectivity index (χ4v) is 2.44. The molecule has 0 saturated carbocycles. The lowest BCUT2D eigenvalue weighted by atomic mass is 10.2. The van der Waals surface area contributed by atoms with Crippen molar-refractivity contribution in [1.82, 2.24) is 15.0 Å². The normalized spacial score (nSPS) is 10.7. The smallest absolute Gasteiger partial charge is 0.215 e. The number of hydrogen-bond donors (Lipinski definition) is 3. The van der Waals surface area contributed by atoms with Gasteiger partial charge in [-0.3, -0.25) is 10.4 Å². The number of nitrogens with zero attached hydrogens (tertiary/aromatic N) is 2. The van der Waals surface area contributed by atoms with Gasteiger partial charge in [0, 0.05) is 18.3 Å². The molecule has 0 radical (unpaired) electrons. The molecule has 7 nitrogen and oxygen atoms in total. The number of hydrazine groups is 1. The van der Waals surface area contributed by atoms with Gasteiger partial charge in [-0.15, -0.1) is 0 Å². The van der Waals surface area contributed by atoms with Crippen molar-refractivity contribution in [2.45, 2.75) is 0 Å². The Morgan fingerprint density at radius 2 is 1.85 bits per heavy atom. The second kappa shape index (κ2) is 6.69. The number of fused-ring (bicyclic) bond motifs is 1. The van der Waals surface area contributed by atoms with Crippen LogP contribution in [0.2, 0.25) is 0 Å². The number of rotatable bonds is 5. The van der Waals surface area contributed by atoms with E-state index in [1.54, 1.807) is 36.7 Å². The average molecular weight is 351 g/mol. The lowest BCUT2D eigenvalue weighted by Crippen LogP contribution is -2.07. The number of aromatic amines is 1. The molecular formula is C18H14FN5O2. The zero-order valence-corrected chi connectivity index (χ0v) is 13.4. The number of pyridine rings is 1. The highest BCUT2D eigenvalue weighted by molar-refractivity contribution is 5.85. The number of nitrogens with two attached hydrogens (primary N) is 1. The topological polar surface area (TPSA) is 98.1 Å². The zero-order chi connectivity index (χ0) is 17.9. The van der Waals surface area contributed by atoms with E-state index in [1.165, 1.54) is 24.3 Å². The Balaban J connectivity index is 1.75. The summed E-state index contributed by atoms with van der Waals surface area (Å²) >= 11 is 0. The van der Waals surface area contributed by atoms with Gasteiger partial charge in [0.05, 0.1) is 11.7 Å². The van der Waals surface area contributed by atoms with Crippen molar-refractivity contribution in [3.63, 3.8) is 0 Å². The van der Waals surface area contributed by atoms with E-state index in [4.69, 9.17) is 15.3 Å². The molecule has 0 aliphatic carbocycles. The van der Waals surface area contributed by atoms with Gasteiger partial charge in [0.15, 0.2) is 5.75 Å². The quantitative estimate of drug-likeness (QED) is 0.372. The molecule has 4 rings (SSSR count). The van der Waals surface area contributed by atoms with E-state index in [-0.39, 0.29) is 5.82 Å². The lowest BCUT2D eigenvalue weighted by molar-refractivity contribution is 0.462. The number of halogens is 1. The molecule has 0 amide bonds. The molecule has 2 aromatic carbocycles. The Kier molecular flexibility index (Phi) is 4.08. The molecule has 26 heavy (non-hydrogen) atoms. The number of aromatic nitrogens is 3. The van der Waals surface area contributed by atoms with Crippen molar-refractivity contribution in [3.05, 3.63) is 66.7 Å². The summed E-state index contributed by atoms with van der Waals surface area (Å²) in [5.74, 6) is 7.47. The van der Waals surface area contributed by atoms with Gasteiger partial charge in [-0.2, -0.15) is 0 Å². The first-order valence-corrected chi connectivity index (χ1v) is 7.73. The first kappa shape index (κ1) is 15.9. The van der Waals surface area contributed by atoms with E-state index in [0.29, 0.717) is 40.0 Å². The van der Waals surface area contributed by atoms with Crippen molar-refractivity contribution < 1.29 is 13.9 Å². The molecule has 8 heteroatoms. The maximum absolute atomic E-state index is 13.1. The second-order valence-corrected chi connectivity index (χ2v) is 5.39. The van der Waals surface area contributed by atoms with E-state index < -0.39 is 0 Å². The summed E-state index contributed by atoms with van der Waals surface area (Å²) in [4.78, 5) is 11.4. The summed E-state index contributed by atoms with van der Waals surface area (Å²) in [7, 11) is 0. The molecule has 2 aromatic heterocycles. The molecule has 0 atom stereocenters. The maximum atomic E-state index is 13.1. The highest BCUT2D eigenvalue weighted by Gasteiger charge is 2.13. The number of nitrogens with one attached hydrogen (secondary N) is 2. The Morgan fingerprint density at radius 3 is 2.58 bits per heavy atom. The second-order valence-electron chi connectivity index (χ2n) is 5.39. The van der Waals surface area contributed by atoms with E-state index in [9.17, 15) is 4.39 Å². The Labute approximate surface area is 147 Å². The van der Waals surface area contributed by atoms with Crippen LogP contribution in [0.15, 0.2) is 60.9 Å². The van der Waals surface area contributed by atoms with Crippen LogP contribution in [0.1, 0.15) is 0 Å². The largest absolute Gasteiger partial charge is 0.456 e. The highest BCUT2D eigenvalue weighted by Crippen LogP contribution is 2.35. The van der Waals surface area contributed by atoms with Crippen molar-refractivity contribution in [2.24, 2.45) is 5.84 Å². The van der Waals surface area contributed by atoms with Gasteiger partial charge in [-0.25, -0.2) is 15.2 Å². The van der Waals surface area contributed by atoms with Crippen molar-refractivity contribution >= 4 is 17.0 Å². The zero-order valence-electron chi connectivity index (χ0n) is 13.4. The minimum atomic E-state index is -0.342. The van der Waals surface area contributed by atoms with Gasteiger partial charge in [0.25, 0.3) is 0 Å². The molecule has 0 bridgehead atoms. The summed E-state index contributed by atoms with van der Waals surface area (Å²) < 4.78 is 24.8. The molecule has 4 aromatic rings. The van der Waals surface area contributed by atoms with Crippen LogP contribution in [0.4, 0.5) is 10.3 Å². The number of hydrogen-bond acceptors (Lipinski definition) is 6. The van der Waals surface area contributed by atoms with Crippen LogP contribution in [0.3, 0.4) is 0 Å². The minimum absolute atomic E-state index is 0.342. The van der Waals surface area contributed by atoms with Gasteiger partial charge < -0.3 is 14.5 Å². The van der Waals surface area contributed by atoms with Crippen LogP contribution in [0.25, 0.3) is 11.0 Å². The predicted molar refractivity (Wildman–Crippen MR) is 94.7 cm³/mol. The van der Waals surface area contributed by atoms with Crippen molar-refractivity contribution in [1.29, 1.82) is 0 Å². The molecular weight excluding hydrogens is 337 g/mol. The molecule has 0 aliphatic heterocycles. The van der Waals surface area contributed by atoms with Crippen LogP contribution in [-0.4, -0.2) is 15.0 Å². The Bertz CT molecular complexity index is 1030. The van der Waals surface area contributed by atoms with Gasteiger partial charge in [0.2, 0.25) is 5.95 Å². The molecule has 2 heterocycles. The first-order valence-electron chi connectivity index (χ1n) is 7.73. The third-order valence-electron chi connectivity index (χ3n) is 3.57. The number of imidazole rings is 1. The Morgan fingerprint density at radius 1 is 1.00 bits per heavy atom. The third kappa shape index (κ3) is 3.26. The van der Waals surface area contributed by atoms with E-state index in [1.807, 2.05) is 0 Å². The number of ether oxygens (including phenoxy) is 2. The summed E-state index contributed by atoms with van der Waals surface area (Å²) in [5.41, 5.74) is 3.68. The standard InChI is InChI=1S/C18H14FN5O2/c19-11-3-5-12(6-4-11)26-16-9-14(25-13-2-1-7-21-10-13)8-15-17(16)23-18(22-15)24-20/h1-10H,20H2,(H2,22,23,24). The van der Waals surface area contributed by atoms with E-state index in [2.05, 4.69) is 20.4 Å². The van der Waals surface area contributed by atoms with Crippen molar-refractivity contribution in [3.8, 4) is 23.0 Å². The molecule has 4 N–H and O–H groups in total. The molecule has 0 saturated heterocycles. The maximum Gasteiger partial charge on any atom is 0.215 e. The van der Waals surface area contributed by atoms with Gasteiger partial charge >= 0.3 is 0 Å². The first-order chi connectivity index (χ1) is 12.7. The number of H-pyrrole nitrogens is 1. The van der Waals surface area contributed by atoms with Crippen molar-refractivity contribution in [2.75, 3.05) is 5.43 Å². The summed E-state index contributed by atoms with van der Waals surface area (Å²) in [6, 6.07) is 12.7.